The SMILES string of the molecule is Clc1ccccc1C1=NC(CC2(c3ccccc3)N=C(c3ccccc3Cl)N=C2c2ccccc2)(c2ccccc2)C(c2ccccc2)=N1. The van der Waals surface area contributed by atoms with Crippen molar-refractivity contribution in [1.29, 1.82) is 0 Å². The van der Waals surface area contributed by atoms with E-state index in [-0.39, 0.29) is 0 Å². The first-order valence-corrected chi connectivity index (χ1v) is 16.9. The van der Waals surface area contributed by atoms with Gasteiger partial charge in [0, 0.05) is 17.5 Å². The third-order valence-corrected chi connectivity index (χ3v) is 9.81. The Kier molecular flexibility index (Phi) is 8.12. The first-order chi connectivity index (χ1) is 24.1. The largest absolute Gasteiger partial charge is 0.248 e. The fourth-order valence-corrected chi connectivity index (χ4v) is 7.33. The molecular weight excluding hydrogens is 643 g/mol. The molecule has 2 unspecified atom stereocenters. The lowest BCUT2D eigenvalue weighted by atomic mass is 9.69. The molecule has 2 heterocycles. The molecule has 0 aromatic heterocycles. The number of halogens is 2. The first-order valence-electron chi connectivity index (χ1n) is 16.2. The Bertz CT molecular complexity index is 2100. The van der Waals surface area contributed by atoms with E-state index in [1.807, 2.05) is 97.1 Å². The average molecular weight is 674 g/mol. The van der Waals surface area contributed by atoms with Crippen molar-refractivity contribution in [2.24, 2.45) is 20.0 Å². The number of nitrogens with zero attached hydrogens (tertiary/aromatic N) is 4. The lowest BCUT2D eigenvalue weighted by Gasteiger charge is -2.38. The van der Waals surface area contributed by atoms with E-state index < -0.39 is 11.1 Å². The average Bonchev–Trinajstić information content (AvgIpc) is 3.74. The highest BCUT2D eigenvalue weighted by Gasteiger charge is 2.54. The number of amidine groups is 2. The van der Waals surface area contributed by atoms with Crippen molar-refractivity contribution in [3.8, 4) is 0 Å². The van der Waals surface area contributed by atoms with E-state index in [4.69, 9.17) is 43.2 Å². The summed E-state index contributed by atoms with van der Waals surface area (Å²) in [7, 11) is 0. The van der Waals surface area contributed by atoms with E-state index in [0.717, 1.165) is 44.8 Å². The summed E-state index contributed by atoms with van der Waals surface area (Å²) in [5, 5.41) is 1.18. The highest BCUT2D eigenvalue weighted by molar-refractivity contribution is 6.36. The molecule has 0 amide bonds. The van der Waals surface area contributed by atoms with Crippen LogP contribution in [0.2, 0.25) is 10.0 Å². The van der Waals surface area contributed by atoms with Crippen molar-refractivity contribution in [1.82, 2.24) is 0 Å². The predicted molar refractivity (Wildman–Crippen MR) is 203 cm³/mol. The number of rotatable bonds is 8. The molecule has 0 N–H and O–H groups in total. The van der Waals surface area contributed by atoms with E-state index in [1.54, 1.807) is 0 Å². The van der Waals surface area contributed by atoms with Gasteiger partial charge in [0.1, 0.15) is 11.1 Å². The summed E-state index contributed by atoms with van der Waals surface area (Å²) in [6.45, 7) is 0. The molecule has 2 aliphatic rings. The smallest absolute Gasteiger partial charge is 0.157 e. The molecule has 2 aliphatic heterocycles. The van der Waals surface area contributed by atoms with Crippen LogP contribution in [0.3, 0.4) is 0 Å². The minimum atomic E-state index is -0.998. The molecule has 0 spiro atoms. The molecule has 6 aromatic rings. The number of aliphatic imine (C=N–C) groups is 4. The zero-order valence-corrected chi connectivity index (χ0v) is 27.9. The fourth-order valence-electron chi connectivity index (χ4n) is 6.89. The maximum absolute atomic E-state index is 6.83. The van der Waals surface area contributed by atoms with Crippen LogP contribution in [0.1, 0.15) is 39.8 Å². The summed E-state index contributed by atoms with van der Waals surface area (Å²) in [4.78, 5) is 22.0. The normalized spacial score (nSPS) is 20.0. The van der Waals surface area contributed by atoms with Gasteiger partial charge in [0.25, 0.3) is 0 Å². The zero-order chi connectivity index (χ0) is 33.3. The third kappa shape index (κ3) is 5.53. The van der Waals surface area contributed by atoms with Crippen LogP contribution < -0.4 is 0 Å². The van der Waals surface area contributed by atoms with E-state index >= 15 is 0 Å². The lowest BCUT2D eigenvalue weighted by Crippen LogP contribution is -2.44. The summed E-state index contributed by atoms with van der Waals surface area (Å²) in [5.41, 5.74) is 5.09. The van der Waals surface area contributed by atoms with Gasteiger partial charge in [-0.3, -0.25) is 0 Å². The quantitative estimate of drug-likeness (QED) is 0.154. The number of benzene rings is 6. The van der Waals surface area contributed by atoms with Crippen LogP contribution in [-0.4, -0.2) is 23.1 Å². The number of hydrogen-bond acceptors (Lipinski definition) is 4. The Labute approximate surface area is 295 Å². The summed E-state index contributed by atoms with van der Waals surface area (Å²) in [6.07, 6.45) is 0.386. The van der Waals surface area contributed by atoms with Crippen molar-refractivity contribution in [2.75, 3.05) is 0 Å². The molecule has 0 bridgehead atoms. The molecule has 0 saturated carbocycles. The zero-order valence-electron chi connectivity index (χ0n) is 26.4. The monoisotopic (exact) mass is 672 g/mol. The van der Waals surface area contributed by atoms with Gasteiger partial charge in [-0.05, 0) is 46.5 Å². The van der Waals surface area contributed by atoms with Crippen molar-refractivity contribution in [3.63, 3.8) is 0 Å². The van der Waals surface area contributed by atoms with E-state index in [1.165, 1.54) is 0 Å². The van der Waals surface area contributed by atoms with E-state index in [2.05, 4.69) is 72.8 Å². The van der Waals surface area contributed by atoms with Crippen LogP contribution in [0.15, 0.2) is 190 Å². The highest BCUT2D eigenvalue weighted by atomic mass is 35.5. The first kappa shape index (κ1) is 30.9. The van der Waals surface area contributed by atoms with Crippen molar-refractivity contribution in [2.45, 2.75) is 17.5 Å². The molecule has 4 nitrogen and oxygen atoms in total. The summed E-state index contributed by atoms with van der Waals surface area (Å²) in [5.74, 6) is 1.14. The van der Waals surface area contributed by atoms with E-state index in [9.17, 15) is 0 Å². The molecule has 8 rings (SSSR count). The van der Waals surface area contributed by atoms with Gasteiger partial charge >= 0.3 is 0 Å². The molecule has 2 atom stereocenters. The van der Waals surface area contributed by atoms with Crippen molar-refractivity contribution in [3.05, 3.63) is 213 Å². The Hall–Kier alpha value is -5.42. The molecule has 0 saturated heterocycles. The summed E-state index contributed by atoms with van der Waals surface area (Å²) in [6, 6.07) is 56.8. The molecule has 6 heteroatoms. The van der Waals surface area contributed by atoms with Gasteiger partial charge in [-0.15, -0.1) is 0 Å². The topological polar surface area (TPSA) is 49.4 Å². The molecule has 236 valence electrons. The van der Waals surface area contributed by atoms with Crippen LogP contribution in [-0.2, 0) is 11.1 Å². The summed E-state index contributed by atoms with van der Waals surface area (Å²) < 4.78 is 0. The van der Waals surface area contributed by atoms with Crippen LogP contribution in [0.4, 0.5) is 0 Å². The van der Waals surface area contributed by atoms with Gasteiger partial charge in [-0.1, -0.05) is 169 Å². The Morgan fingerprint density at radius 1 is 0.388 bits per heavy atom. The number of hydrogen-bond donors (Lipinski definition) is 0. The second kappa shape index (κ2) is 12.9. The van der Waals surface area contributed by atoms with Gasteiger partial charge in [0.15, 0.2) is 11.7 Å². The van der Waals surface area contributed by atoms with E-state index in [0.29, 0.717) is 28.1 Å². The minimum Gasteiger partial charge on any atom is -0.248 e. The predicted octanol–water partition coefficient (Wildman–Crippen LogP) is 10.4. The summed E-state index contributed by atoms with van der Waals surface area (Å²) >= 11 is 13.7. The Balaban J connectivity index is 1.46. The highest BCUT2D eigenvalue weighted by Crippen LogP contribution is 2.50. The second-order valence-corrected chi connectivity index (χ2v) is 12.9. The van der Waals surface area contributed by atoms with Gasteiger partial charge in [0.2, 0.25) is 0 Å². The maximum atomic E-state index is 6.83. The van der Waals surface area contributed by atoms with Crippen molar-refractivity contribution >= 4 is 46.3 Å². The lowest BCUT2D eigenvalue weighted by molar-refractivity contribution is 0.440. The Morgan fingerprint density at radius 3 is 1.08 bits per heavy atom. The van der Waals surface area contributed by atoms with Crippen molar-refractivity contribution < 1.29 is 0 Å². The second-order valence-electron chi connectivity index (χ2n) is 12.1. The maximum Gasteiger partial charge on any atom is 0.157 e. The van der Waals surface area contributed by atoms with Crippen LogP contribution >= 0.6 is 23.2 Å². The molecule has 49 heavy (non-hydrogen) atoms. The minimum absolute atomic E-state index is 0.386. The van der Waals surface area contributed by atoms with Gasteiger partial charge in [-0.25, -0.2) is 20.0 Å². The molecule has 0 aliphatic carbocycles. The van der Waals surface area contributed by atoms with Gasteiger partial charge < -0.3 is 0 Å². The molecule has 6 aromatic carbocycles. The third-order valence-electron chi connectivity index (χ3n) is 9.15. The molecule has 0 radical (unpaired) electrons. The van der Waals surface area contributed by atoms with Crippen LogP contribution in [0.5, 0.6) is 0 Å². The Morgan fingerprint density at radius 2 is 0.714 bits per heavy atom. The molecule has 0 fully saturated rings. The fraction of sp³-hybridized carbons (Fsp3) is 0.0698. The van der Waals surface area contributed by atoms with Gasteiger partial charge in [0.05, 0.1) is 21.5 Å². The standard InChI is InChI=1S/C43H30Cl2N4/c44-36-27-15-13-25-34(36)40-46-38(30-17-5-1-6-18-30)42(48-40,32-21-9-3-10-22-32)29-43(33-23-11-4-12-24-33)39(31-19-7-2-8-20-31)47-41(49-43)35-26-14-16-28-37(35)45/h1-28H,29H2. The van der Waals surface area contributed by atoms with Crippen LogP contribution in [0.25, 0.3) is 0 Å². The molecular formula is C43H30Cl2N4. The van der Waals surface area contributed by atoms with Crippen LogP contribution in [0, 0.1) is 0 Å². The van der Waals surface area contributed by atoms with Gasteiger partial charge in [-0.2, -0.15) is 0 Å².